The maximum atomic E-state index is 5.42. The van der Waals surface area contributed by atoms with Gasteiger partial charge >= 0.3 is 6.01 Å². The van der Waals surface area contributed by atoms with Gasteiger partial charge in [0.2, 0.25) is 11.9 Å². The number of ether oxygens (including phenoxy) is 1. The molecule has 112 valence electrons. The lowest BCUT2D eigenvalue weighted by atomic mass is 9.86. The van der Waals surface area contributed by atoms with Gasteiger partial charge in [-0.05, 0) is 25.7 Å². The molecule has 1 aromatic rings. The van der Waals surface area contributed by atoms with Crippen LogP contribution < -0.4 is 15.0 Å². The molecule has 6 nitrogen and oxygen atoms in total. The van der Waals surface area contributed by atoms with Crippen LogP contribution in [0.1, 0.15) is 39.5 Å². The van der Waals surface area contributed by atoms with Gasteiger partial charge in [0.15, 0.2) is 0 Å². The molecule has 1 saturated carbocycles. The van der Waals surface area contributed by atoms with Gasteiger partial charge in [0.25, 0.3) is 0 Å². The van der Waals surface area contributed by atoms with Crippen LogP contribution in [0.25, 0.3) is 0 Å². The molecule has 0 aliphatic heterocycles. The van der Waals surface area contributed by atoms with E-state index >= 15 is 0 Å². The number of hydrogen-bond acceptors (Lipinski definition) is 6. The van der Waals surface area contributed by atoms with Crippen molar-refractivity contribution in [1.29, 1.82) is 0 Å². The van der Waals surface area contributed by atoms with Crippen molar-refractivity contribution < 1.29 is 4.74 Å². The summed E-state index contributed by atoms with van der Waals surface area (Å²) in [6.45, 7) is 4.80. The highest BCUT2D eigenvalue weighted by Gasteiger charge is 2.24. The third kappa shape index (κ3) is 3.49. The third-order valence-electron chi connectivity index (χ3n) is 3.87. The zero-order valence-electron chi connectivity index (χ0n) is 12.9. The fraction of sp³-hybridized carbons (Fsp3) is 0.786. The SMILES string of the molecule is CCOc1nc(NC)nc(N(C)C2CCCC(C)C2)n1. The highest BCUT2D eigenvalue weighted by molar-refractivity contribution is 5.38. The van der Waals surface area contributed by atoms with E-state index in [1.807, 2.05) is 6.92 Å². The summed E-state index contributed by atoms with van der Waals surface area (Å²) in [4.78, 5) is 15.2. The van der Waals surface area contributed by atoms with Crippen molar-refractivity contribution in [3.63, 3.8) is 0 Å². The second kappa shape index (κ2) is 6.72. The van der Waals surface area contributed by atoms with Crippen molar-refractivity contribution in [3.05, 3.63) is 0 Å². The summed E-state index contributed by atoms with van der Waals surface area (Å²) in [7, 11) is 3.87. The van der Waals surface area contributed by atoms with Gasteiger partial charge in [0.05, 0.1) is 6.61 Å². The first-order chi connectivity index (χ1) is 9.63. The first kappa shape index (κ1) is 14.8. The molecule has 1 fully saturated rings. The zero-order valence-corrected chi connectivity index (χ0v) is 12.9. The largest absolute Gasteiger partial charge is 0.464 e. The van der Waals surface area contributed by atoms with Crippen LogP contribution in [-0.4, -0.2) is 41.7 Å². The van der Waals surface area contributed by atoms with Crippen molar-refractivity contribution in [2.45, 2.75) is 45.6 Å². The second-order valence-electron chi connectivity index (χ2n) is 5.46. The molecule has 6 heteroatoms. The van der Waals surface area contributed by atoms with E-state index in [0.717, 1.165) is 5.92 Å². The van der Waals surface area contributed by atoms with E-state index in [-0.39, 0.29) is 0 Å². The Morgan fingerprint density at radius 2 is 2.10 bits per heavy atom. The maximum Gasteiger partial charge on any atom is 0.323 e. The van der Waals surface area contributed by atoms with E-state index in [1.54, 1.807) is 7.05 Å². The average Bonchev–Trinajstić information content (AvgIpc) is 2.46. The first-order valence-electron chi connectivity index (χ1n) is 7.43. The smallest absolute Gasteiger partial charge is 0.323 e. The highest BCUT2D eigenvalue weighted by Crippen LogP contribution is 2.28. The minimum atomic E-state index is 0.387. The second-order valence-corrected chi connectivity index (χ2v) is 5.46. The van der Waals surface area contributed by atoms with Crippen molar-refractivity contribution >= 4 is 11.9 Å². The van der Waals surface area contributed by atoms with Crippen molar-refractivity contribution in [2.24, 2.45) is 5.92 Å². The highest BCUT2D eigenvalue weighted by atomic mass is 16.5. The first-order valence-corrected chi connectivity index (χ1v) is 7.43. The van der Waals surface area contributed by atoms with Crippen LogP contribution in [0.15, 0.2) is 0 Å². The Labute approximate surface area is 121 Å². The van der Waals surface area contributed by atoms with E-state index in [1.165, 1.54) is 25.7 Å². The Balaban J connectivity index is 2.19. The van der Waals surface area contributed by atoms with E-state index in [2.05, 4.69) is 39.1 Å². The van der Waals surface area contributed by atoms with Gasteiger partial charge in [0.1, 0.15) is 0 Å². The average molecular weight is 279 g/mol. The van der Waals surface area contributed by atoms with E-state index < -0.39 is 0 Å². The summed E-state index contributed by atoms with van der Waals surface area (Å²) in [6.07, 6.45) is 5.00. The molecule has 2 atom stereocenters. The minimum absolute atomic E-state index is 0.387. The minimum Gasteiger partial charge on any atom is -0.464 e. The lowest BCUT2D eigenvalue weighted by Crippen LogP contribution is -2.36. The van der Waals surface area contributed by atoms with Crippen molar-refractivity contribution in [2.75, 3.05) is 30.9 Å². The molecule has 1 heterocycles. The lowest BCUT2D eigenvalue weighted by Gasteiger charge is -2.34. The quantitative estimate of drug-likeness (QED) is 0.892. The van der Waals surface area contributed by atoms with E-state index in [4.69, 9.17) is 4.74 Å². The predicted octanol–water partition coefficient (Wildman–Crippen LogP) is 2.33. The molecule has 1 aromatic heterocycles. The van der Waals surface area contributed by atoms with Crippen LogP contribution >= 0.6 is 0 Å². The molecule has 1 aliphatic carbocycles. The molecular weight excluding hydrogens is 254 g/mol. The number of aromatic nitrogens is 3. The van der Waals surface area contributed by atoms with E-state index in [9.17, 15) is 0 Å². The molecular formula is C14H25N5O. The Morgan fingerprint density at radius 3 is 2.75 bits per heavy atom. The van der Waals surface area contributed by atoms with Crippen LogP contribution in [0.4, 0.5) is 11.9 Å². The molecule has 0 bridgehead atoms. The molecule has 0 radical (unpaired) electrons. The van der Waals surface area contributed by atoms with Gasteiger partial charge < -0.3 is 15.0 Å². The lowest BCUT2D eigenvalue weighted by molar-refractivity contribution is 0.309. The summed E-state index contributed by atoms with van der Waals surface area (Å²) in [5.41, 5.74) is 0. The van der Waals surface area contributed by atoms with Gasteiger partial charge in [-0.1, -0.05) is 19.8 Å². The van der Waals surface area contributed by atoms with Crippen LogP contribution in [0.5, 0.6) is 6.01 Å². The molecule has 20 heavy (non-hydrogen) atoms. The Bertz CT molecular complexity index is 440. The van der Waals surface area contributed by atoms with Crippen LogP contribution in [-0.2, 0) is 0 Å². The number of rotatable bonds is 5. The van der Waals surface area contributed by atoms with E-state index in [0.29, 0.717) is 30.6 Å². The molecule has 2 rings (SSSR count). The zero-order chi connectivity index (χ0) is 14.5. The molecule has 2 unspecified atom stereocenters. The van der Waals surface area contributed by atoms with Gasteiger partial charge in [-0.15, -0.1) is 0 Å². The van der Waals surface area contributed by atoms with Crippen molar-refractivity contribution in [3.8, 4) is 6.01 Å². The predicted molar refractivity (Wildman–Crippen MR) is 80.4 cm³/mol. The fourth-order valence-electron chi connectivity index (χ4n) is 2.73. The summed E-state index contributed by atoms with van der Waals surface area (Å²) in [5, 5.41) is 2.96. The van der Waals surface area contributed by atoms with Crippen LogP contribution in [0.2, 0.25) is 0 Å². The molecule has 0 aromatic carbocycles. The van der Waals surface area contributed by atoms with Crippen LogP contribution in [0.3, 0.4) is 0 Å². The van der Waals surface area contributed by atoms with Crippen LogP contribution in [0, 0.1) is 5.92 Å². The standard InChI is InChI=1S/C14H25N5O/c1-5-20-14-17-12(15-3)16-13(18-14)19(4)11-8-6-7-10(2)9-11/h10-11H,5-9H2,1-4H3,(H,15,16,17,18). The molecule has 0 spiro atoms. The van der Waals surface area contributed by atoms with Gasteiger partial charge in [0, 0.05) is 20.1 Å². The van der Waals surface area contributed by atoms with Gasteiger partial charge in [-0.2, -0.15) is 15.0 Å². The molecule has 0 saturated heterocycles. The van der Waals surface area contributed by atoms with Gasteiger partial charge in [-0.3, -0.25) is 0 Å². The maximum absolute atomic E-state index is 5.42. The summed E-state index contributed by atoms with van der Waals surface area (Å²) in [6, 6.07) is 0.887. The number of nitrogens with zero attached hydrogens (tertiary/aromatic N) is 4. The summed E-state index contributed by atoms with van der Waals surface area (Å²) in [5.74, 6) is 2.01. The normalized spacial score (nSPS) is 22.4. The summed E-state index contributed by atoms with van der Waals surface area (Å²) < 4.78 is 5.42. The van der Waals surface area contributed by atoms with Crippen molar-refractivity contribution in [1.82, 2.24) is 15.0 Å². The number of hydrogen-bond donors (Lipinski definition) is 1. The molecule has 1 aliphatic rings. The monoisotopic (exact) mass is 279 g/mol. The molecule has 1 N–H and O–H groups in total. The summed E-state index contributed by atoms with van der Waals surface area (Å²) >= 11 is 0. The Kier molecular flexibility index (Phi) is 4.98. The Morgan fingerprint density at radius 1 is 1.30 bits per heavy atom. The molecule has 0 amide bonds. The fourth-order valence-corrected chi connectivity index (χ4v) is 2.73. The number of anilines is 2. The topological polar surface area (TPSA) is 63.2 Å². The number of nitrogens with one attached hydrogen (secondary N) is 1. The third-order valence-corrected chi connectivity index (χ3v) is 3.87. The Hall–Kier alpha value is -1.59. The van der Waals surface area contributed by atoms with Gasteiger partial charge in [-0.25, -0.2) is 0 Å².